The Labute approximate surface area is 96.8 Å². The molecule has 0 radical (unpaired) electrons. The summed E-state index contributed by atoms with van der Waals surface area (Å²) in [5, 5.41) is 6.37. The summed E-state index contributed by atoms with van der Waals surface area (Å²) in [6.07, 6.45) is 3.15. The highest BCUT2D eigenvalue weighted by molar-refractivity contribution is 7.99. The van der Waals surface area contributed by atoms with Gasteiger partial charge < -0.3 is 10.6 Å². The fourth-order valence-corrected chi connectivity index (χ4v) is 2.37. The minimum atomic E-state index is 0.210. The maximum Gasteiger partial charge on any atom is 0.220 e. The third kappa shape index (κ3) is 6.05. The van der Waals surface area contributed by atoms with Crippen molar-refractivity contribution in [2.45, 2.75) is 26.2 Å². The second-order valence-corrected chi connectivity index (χ2v) is 5.36. The molecule has 1 heterocycles. The van der Waals surface area contributed by atoms with Gasteiger partial charge in [-0.05, 0) is 37.6 Å². The highest BCUT2D eigenvalue weighted by Gasteiger charge is 2.13. The van der Waals surface area contributed by atoms with Gasteiger partial charge in [0, 0.05) is 18.7 Å². The van der Waals surface area contributed by atoms with Gasteiger partial charge in [0.15, 0.2) is 0 Å². The van der Waals surface area contributed by atoms with E-state index in [1.165, 1.54) is 12.8 Å². The Hall–Kier alpha value is -0.220. The fourth-order valence-electron chi connectivity index (χ4n) is 1.75. The summed E-state index contributed by atoms with van der Waals surface area (Å²) in [6, 6.07) is 0. The molecule has 1 rings (SSSR count). The van der Waals surface area contributed by atoms with Crippen LogP contribution in [0.1, 0.15) is 26.2 Å². The van der Waals surface area contributed by atoms with Gasteiger partial charge in [0.05, 0.1) is 0 Å². The van der Waals surface area contributed by atoms with Gasteiger partial charge in [0.2, 0.25) is 5.91 Å². The molecular weight excluding hydrogens is 208 g/mol. The first-order valence-electron chi connectivity index (χ1n) is 5.88. The Balaban J connectivity index is 2.00. The topological polar surface area (TPSA) is 41.1 Å². The van der Waals surface area contributed by atoms with E-state index in [4.69, 9.17) is 0 Å². The lowest BCUT2D eigenvalue weighted by atomic mass is 10.00. The number of rotatable bonds is 6. The van der Waals surface area contributed by atoms with E-state index < -0.39 is 0 Å². The quantitative estimate of drug-likeness (QED) is 0.675. The van der Waals surface area contributed by atoms with E-state index in [2.05, 4.69) is 17.6 Å². The third-order valence-corrected chi connectivity index (χ3v) is 3.57. The summed E-state index contributed by atoms with van der Waals surface area (Å²) in [5.74, 6) is 2.90. The van der Waals surface area contributed by atoms with Crippen molar-refractivity contribution < 1.29 is 4.79 Å². The van der Waals surface area contributed by atoms with Gasteiger partial charge in [-0.25, -0.2) is 0 Å². The molecule has 1 atom stereocenters. The lowest BCUT2D eigenvalue weighted by Gasteiger charge is -2.22. The summed E-state index contributed by atoms with van der Waals surface area (Å²) in [6.45, 7) is 5.17. The van der Waals surface area contributed by atoms with Crippen LogP contribution in [0.4, 0.5) is 0 Å². The average molecular weight is 230 g/mol. The second-order valence-electron chi connectivity index (χ2n) is 3.96. The van der Waals surface area contributed by atoms with Crippen LogP contribution in [0.2, 0.25) is 0 Å². The first kappa shape index (κ1) is 12.8. The van der Waals surface area contributed by atoms with Crippen LogP contribution in [-0.4, -0.2) is 37.0 Å². The molecule has 15 heavy (non-hydrogen) atoms. The maximum atomic E-state index is 11.4. The van der Waals surface area contributed by atoms with E-state index >= 15 is 0 Å². The normalized spacial score (nSPS) is 21.3. The molecule has 1 unspecified atom stereocenters. The first-order valence-corrected chi connectivity index (χ1v) is 7.03. The zero-order chi connectivity index (χ0) is 10.9. The molecule has 1 amide bonds. The van der Waals surface area contributed by atoms with Crippen LogP contribution in [0, 0.1) is 5.92 Å². The summed E-state index contributed by atoms with van der Waals surface area (Å²) in [5.41, 5.74) is 0. The molecule has 1 aliphatic rings. The van der Waals surface area contributed by atoms with Crippen LogP contribution < -0.4 is 10.6 Å². The molecule has 4 heteroatoms. The van der Waals surface area contributed by atoms with E-state index in [1.807, 2.05) is 11.8 Å². The van der Waals surface area contributed by atoms with Gasteiger partial charge in [-0.1, -0.05) is 6.92 Å². The highest BCUT2D eigenvalue weighted by atomic mass is 32.2. The Morgan fingerprint density at radius 3 is 3.13 bits per heavy atom. The van der Waals surface area contributed by atoms with Crippen LogP contribution >= 0.6 is 11.8 Å². The molecule has 1 saturated heterocycles. The molecular formula is C11H22N2OS. The molecule has 1 fully saturated rings. The molecule has 1 aliphatic heterocycles. The van der Waals surface area contributed by atoms with Gasteiger partial charge in [0.25, 0.3) is 0 Å². The van der Waals surface area contributed by atoms with Gasteiger partial charge in [-0.15, -0.1) is 0 Å². The van der Waals surface area contributed by atoms with E-state index in [1.54, 1.807) is 0 Å². The van der Waals surface area contributed by atoms with E-state index in [-0.39, 0.29) is 5.91 Å². The van der Waals surface area contributed by atoms with Crippen molar-refractivity contribution in [3.63, 3.8) is 0 Å². The number of hydrogen-bond donors (Lipinski definition) is 2. The van der Waals surface area contributed by atoms with Crippen molar-refractivity contribution in [3.8, 4) is 0 Å². The van der Waals surface area contributed by atoms with Gasteiger partial charge in [-0.3, -0.25) is 4.79 Å². The summed E-state index contributed by atoms with van der Waals surface area (Å²) in [4.78, 5) is 11.4. The number of amides is 1. The van der Waals surface area contributed by atoms with Crippen LogP contribution in [0.25, 0.3) is 0 Å². The number of thioether (sulfide) groups is 1. The Bertz CT molecular complexity index is 181. The van der Waals surface area contributed by atoms with E-state index in [0.717, 1.165) is 31.1 Å². The third-order valence-electron chi connectivity index (χ3n) is 2.66. The number of carbonyl (C=O) groups excluding carboxylic acids is 1. The zero-order valence-electron chi connectivity index (χ0n) is 9.55. The lowest BCUT2D eigenvalue weighted by molar-refractivity contribution is -0.120. The smallest absolute Gasteiger partial charge is 0.220 e. The van der Waals surface area contributed by atoms with Crippen LogP contribution in [0.3, 0.4) is 0 Å². The summed E-state index contributed by atoms with van der Waals surface area (Å²) >= 11 is 1.82. The molecule has 0 aromatic heterocycles. The fraction of sp³-hybridized carbons (Fsp3) is 0.909. The van der Waals surface area contributed by atoms with Gasteiger partial charge in [-0.2, -0.15) is 11.8 Å². The number of nitrogens with one attached hydrogen (secondary N) is 2. The zero-order valence-corrected chi connectivity index (χ0v) is 10.4. The second kappa shape index (κ2) is 7.99. The Morgan fingerprint density at radius 1 is 1.60 bits per heavy atom. The van der Waals surface area contributed by atoms with Crippen LogP contribution in [0.15, 0.2) is 0 Å². The summed E-state index contributed by atoms with van der Waals surface area (Å²) < 4.78 is 0. The van der Waals surface area contributed by atoms with Crippen LogP contribution in [0.5, 0.6) is 0 Å². The molecule has 2 N–H and O–H groups in total. The number of piperidine rings is 1. The van der Waals surface area contributed by atoms with Crippen molar-refractivity contribution >= 4 is 17.7 Å². The molecule has 0 bridgehead atoms. The average Bonchev–Trinajstić information content (AvgIpc) is 2.28. The van der Waals surface area contributed by atoms with E-state index in [9.17, 15) is 4.79 Å². The van der Waals surface area contributed by atoms with Crippen molar-refractivity contribution in [1.29, 1.82) is 0 Å². The number of carbonyl (C=O) groups is 1. The maximum absolute atomic E-state index is 11.4. The predicted molar refractivity (Wildman–Crippen MR) is 66.2 cm³/mol. The molecule has 3 nitrogen and oxygen atoms in total. The largest absolute Gasteiger partial charge is 0.356 e. The predicted octanol–water partition coefficient (Wildman–Crippen LogP) is 1.25. The molecule has 0 spiro atoms. The molecule has 0 saturated carbocycles. The molecule has 88 valence electrons. The van der Waals surface area contributed by atoms with E-state index in [0.29, 0.717) is 12.3 Å². The lowest BCUT2D eigenvalue weighted by Crippen LogP contribution is -2.38. The van der Waals surface area contributed by atoms with Crippen molar-refractivity contribution in [2.75, 3.05) is 31.1 Å². The highest BCUT2D eigenvalue weighted by Crippen LogP contribution is 2.08. The number of hydrogen-bond acceptors (Lipinski definition) is 3. The Morgan fingerprint density at radius 2 is 2.47 bits per heavy atom. The SMILES string of the molecule is CCSCCC(=O)NCC1CCCNC1. The van der Waals surface area contributed by atoms with Crippen molar-refractivity contribution in [3.05, 3.63) is 0 Å². The minimum Gasteiger partial charge on any atom is -0.356 e. The van der Waals surface area contributed by atoms with Gasteiger partial charge in [0.1, 0.15) is 0 Å². The first-order chi connectivity index (χ1) is 7.33. The standard InChI is InChI=1S/C11H22N2OS/c1-2-15-7-5-11(14)13-9-10-4-3-6-12-8-10/h10,12H,2-9H2,1H3,(H,13,14). The monoisotopic (exact) mass is 230 g/mol. The van der Waals surface area contributed by atoms with Crippen molar-refractivity contribution in [2.24, 2.45) is 5.92 Å². The van der Waals surface area contributed by atoms with Crippen molar-refractivity contribution in [1.82, 2.24) is 10.6 Å². The summed E-state index contributed by atoms with van der Waals surface area (Å²) in [7, 11) is 0. The molecule has 0 aromatic rings. The minimum absolute atomic E-state index is 0.210. The van der Waals surface area contributed by atoms with Gasteiger partial charge >= 0.3 is 0 Å². The van der Waals surface area contributed by atoms with Crippen LogP contribution in [-0.2, 0) is 4.79 Å². The molecule has 0 aliphatic carbocycles. The molecule has 0 aromatic carbocycles. The Kier molecular flexibility index (Phi) is 6.85.